The number of hydrogen-bond acceptors (Lipinski definition) is 6. The van der Waals surface area contributed by atoms with Crippen LogP contribution in [0.5, 0.6) is 17.2 Å². The Labute approximate surface area is 147 Å². The molecule has 0 spiro atoms. The van der Waals surface area contributed by atoms with Gasteiger partial charge in [-0.2, -0.15) is 0 Å². The highest BCUT2D eigenvalue weighted by atomic mass is 32.2. The quantitative estimate of drug-likeness (QED) is 0.747. The fourth-order valence-corrected chi connectivity index (χ4v) is 4.58. The molecule has 1 aliphatic rings. The Morgan fingerprint density at radius 1 is 1.04 bits per heavy atom. The van der Waals surface area contributed by atoms with E-state index in [1.807, 2.05) is 0 Å². The highest BCUT2D eigenvalue weighted by Gasteiger charge is 2.32. The van der Waals surface area contributed by atoms with Gasteiger partial charge in [0.1, 0.15) is 17.2 Å². The Morgan fingerprint density at radius 3 is 1.96 bits per heavy atom. The van der Waals surface area contributed by atoms with Crippen molar-refractivity contribution in [1.29, 1.82) is 0 Å². The van der Waals surface area contributed by atoms with E-state index in [9.17, 15) is 13.2 Å². The highest BCUT2D eigenvalue weighted by Crippen LogP contribution is 2.38. The zero-order chi connectivity index (χ0) is 18.6. The van der Waals surface area contributed by atoms with Gasteiger partial charge in [0.05, 0.1) is 27.2 Å². The Hall–Kier alpha value is -2.00. The fourth-order valence-electron chi connectivity index (χ4n) is 2.98. The maximum Gasteiger partial charge on any atom is 0.306 e. The third-order valence-corrected chi connectivity index (χ3v) is 5.92. The number of ether oxygens (including phenoxy) is 3. The van der Waals surface area contributed by atoms with E-state index in [-0.39, 0.29) is 22.4 Å². The first kappa shape index (κ1) is 19.3. The van der Waals surface area contributed by atoms with Gasteiger partial charge in [-0.05, 0) is 25.7 Å². The molecule has 2 rings (SSSR count). The summed E-state index contributed by atoms with van der Waals surface area (Å²) in [7, 11) is 0.281. The molecule has 25 heavy (non-hydrogen) atoms. The van der Waals surface area contributed by atoms with Gasteiger partial charge < -0.3 is 19.3 Å². The predicted octanol–water partition coefficient (Wildman–Crippen LogP) is 1.63. The summed E-state index contributed by atoms with van der Waals surface area (Å²) in [6.45, 7) is 0. The molecule has 1 saturated carbocycles. The maximum atomic E-state index is 12.8. The topological polar surface area (TPSA) is 111 Å². The Morgan fingerprint density at radius 2 is 1.56 bits per heavy atom. The average molecular weight is 373 g/mol. The highest BCUT2D eigenvalue weighted by molar-refractivity contribution is 7.89. The smallest absolute Gasteiger partial charge is 0.306 e. The molecule has 0 bridgehead atoms. The third kappa shape index (κ3) is 4.35. The Balaban J connectivity index is 2.26. The molecule has 0 radical (unpaired) electrons. The lowest BCUT2D eigenvalue weighted by Crippen LogP contribution is -2.38. The number of sulfonamides is 1. The van der Waals surface area contributed by atoms with Crippen molar-refractivity contribution >= 4 is 16.0 Å². The van der Waals surface area contributed by atoms with Crippen molar-refractivity contribution in [1.82, 2.24) is 4.72 Å². The van der Waals surface area contributed by atoms with Gasteiger partial charge in [0.25, 0.3) is 0 Å². The Kier molecular flexibility index (Phi) is 6.12. The van der Waals surface area contributed by atoms with E-state index in [1.54, 1.807) is 0 Å². The van der Waals surface area contributed by atoms with Crippen LogP contribution in [-0.4, -0.2) is 46.9 Å². The molecule has 1 fully saturated rings. The third-order valence-electron chi connectivity index (χ3n) is 4.34. The number of hydrogen-bond donors (Lipinski definition) is 2. The molecule has 0 aromatic heterocycles. The van der Waals surface area contributed by atoms with Gasteiger partial charge in [-0.25, -0.2) is 13.1 Å². The summed E-state index contributed by atoms with van der Waals surface area (Å²) in [5.41, 5.74) is 0. The number of nitrogens with one attached hydrogen (secondary N) is 1. The van der Waals surface area contributed by atoms with E-state index in [1.165, 1.54) is 33.5 Å². The van der Waals surface area contributed by atoms with Crippen LogP contribution in [-0.2, 0) is 14.8 Å². The molecule has 0 atom stereocenters. The first-order chi connectivity index (χ1) is 11.8. The van der Waals surface area contributed by atoms with Crippen LogP contribution in [0.15, 0.2) is 17.0 Å². The summed E-state index contributed by atoms with van der Waals surface area (Å²) in [5, 5.41) is 9.04. The summed E-state index contributed by atoms with van der Waals surface area (Å²) in [5.74, 6) is -0.605. The summed E-state index contributed by atoms with van der Waals surface area (Å²) >= 11 is 0. The molecule has 0 aliphatic heterocycles. The van der Waals surface area contributed by atoms with Crippen LogP contribution in [0.25, 0.3) is 0 Å². The molecule has 0 amide bonds. The van der Waals surface area contributed by atoms with Crippen LogP contribution in [0, 0.1) is 5.92 Å². The van der Waals surface area contributed by atoms with Gasteiger partial charge in [-0.15, -0.1) is 0 Å². The van der Waals surface area contributed by atoms with Crippen molar-refractivity contribution in [2.45, 2.75) is 36.6 Å². The molecule has 140 valence electrons. The van der Waals surface area contributed by atoms with Crippen molar-refractivity contribution in [3.8, 4) is 17.2 Å². The average Bonchev–Trinajstić information content (AvgIpc) is 2.60. The van der Waals surface area contributed by atoms with Gasteiger partial charge in [0.15, 0.2) is 4.90 Å². The van der Waals surface area contributed by atoms with Crippen molar-refractivity contribution in [2.75, 3.05) is 21.3 Å². The first-order valence-electron chi connectivity index (χ1n) is 7.87. The molecule has 1 aromatic rings. The van der Waals surface area contributed by atoms with Crippen LogP contribution in [0.4, 0.5) is 0 Å². The van der Waals surface area contributed by atoms with E-state index in [0.717, 1.165) is 0 Å². The number of aliphatic carboxylic acids is 1. The number of carboxylic acids is 1. The van der Waals surface area contributed by atoms with E-state index in [4.69, 9.17) is 19.3 Å². The van der Waals surface area contributed by atoms with Crippen molar-refractivity contribution < 1.29 is 32.5 Å². The number of methoxy groups -OCH3 is 3. The lowest BCUT2D eigenvalue weighted by Gasteiger charge is -2.27. The van der Waals surface area contributed by atoms with Crippen molar-refractivity contribution in [3.63, 3.8) is 0 Å². The Bertz CT molecular complexity index is 699. The van der Waals surface area contributed by atoms with Crippen molar-refractivity contribution in [2.24, 2.45) is 5.92 Å². The molecule has 9 heteroatoms. The normalized spacial score (nSPS) is 20.8. The molecule has 0 heterocycles. The van der Waals surface area contributed by atoms with Crippen LogP contribution in [0.1, 0.15) is 25.7 Å². The van der Waals surface area contributed by atoms with E-state index in [0.29, 0.717) is 31.4 Å². The SMILES string of the molecule is COc1cc(OC)c(S(=O)(=O)NC2CCC(C(=O)O)CC2)c(OC)c1. The lowest BCUT2D eigenvalue weighted by molar-refractivity contribution is -0.142. The minimum absolute atomic E-state index is 0.0985. The summed E-state index contributed by atoms with van der Waals surface area (Å²) in [6, 6.07) is 2.62. The van der Waals surface area contributed by atoms with Gasteiger partial charge in [0.2, 0.25) is 10.0 Å². The van der Waals surface area contributed by atoms with Gasteiger partial charge in [-0.1, -0.05) is 0 Å². The molecular formula is C16H23NO7S. The van der Waals surface area contributed by atoms with Crippen LogP contribution in [0.3, 0.4) is 0 Å². The monoisotopic (exact) mass is 373 g/mol. The molecule has 2 N–H and O–H groups in total. The largest absolute Gasteiger partial charge is 0.496 e. The molecular weight excluding hydrogens is 350 g/mol. The molecule has 1 aliphatic carbocycles. The lowest BCUT2D eigenvalue weighted by atomic mass is 9.87. The molecule has 0 unspecified atom stereocenters. The zero-order valence-electron chi connectivity index (χ0n) is 14.4. The minimum Gasteiger partial charge on any atom is -0.496 e. The number of carboxylic acid groups (broad SMARTS) is 1. The van der Waals surface area contributed by atoms with E-state index >= 15 is 0 Å². The molecule has 0 saturated heterocycles. The number of benzene rings is 1. The van der Waals surface area contributed by atoms with Crippen molar-refractivity contribution in [3.05, 3.63) is 12.1 Å². The van der Waals surface area contributed by atoms with Crippen LogP contribution >= 0.6 is 0 Å². The standard InChI is InChI=1S/C16H23NO7S/c1-22-12-8-13(23-2)15(14(9-12)24-3)25(20,21)17-11-6-4-10(5-7-11)16(18)19/h8-11,17H,4-7H2,1-3H3,(H,18,19). The predicted molar refractivity (Wildman–Crippen MR) is 89.8 cm³/mol. The first-order valence-corrected chi connectivity index (χ1v) is 9.35. The molecule has 8 nitrogen and oxygen atoms in total. The second-order valence-corrected chi connectivity index (χ2v) is 7.52. The van der Waals surface area contributed by atoms with E-state index < -0.39 is 21.9 Å². The summed E-state index contributed by atoms with van der Waals surface area (Å²) in [4.78, 5) is 10.9. The summed E-state index contributed by atoms with van der Waals surface area (Å²) in [6.07, 6.45) is 1.83. The zero-order valence-corrected chi connectivity index (χ0v) is 15.3. The van der Waals surface area contributed by atoms with Gasteiger partial charge in [0, 0.05) is 18.2 Å². The van der Waals surface area contributed by atoms with Crippen LogP contribution in [0.2, 0.25) is 0 Å². The number of carbonyl (C=O) groups is 1. The van der Waals surface area contributed by atoms with Crippen LogP contribution < -0.4 is 18.9 Å². The van der Waals surface area contributed by atoms with Gasteiger partial charge >= 0.3 is 5.97 Å². The van der Waals surface area contributed by atoms with Gasteiger partial charge in [-0.3, -0.25) is 4.79 Å². The number of rotatable bonds is 7. The maximum absolute atomic E-state index is 12.8. The van der Waals surface area contributed by atoms with E-state index in [2.05, 4.69) is 4.72 Å². The minimum atomic E-state index is -3.91. The second-order valence-electron chi connectivity index (χ2n) is 5.87. The fraction of sp³-hybridized carbons (Fsp3) is 0.562. The second kappa shape index (κ2) is 7.92. The molecule has 1 aromatic carbocycles. The summed E-state index contributed by atoms with van der Waals surface area (Å²) < 4.78 is 43.8.